The number of carbonyl (C=O) groups is 1. The summed E-state index contributed by atoms with van der Waals surface area (Å²) >= 11 is 15.2. The van der Waals surface area contributed by atoms with Crippen molar-refractivity contribution in [1.29, 1.82) is 0 Å². The van der Waals surface area contributed by atoms with E-state index in [0.717, 1.165) is 4.47 Å². The van der Waals surface area contributed by atoms with Gasteiger partial charge in [-0.05, 0) is 40.2 Å². The van der Waals surface area contributed by atoms with Crippen molar-refractivity contribution < 1.29 is 13.9 Å². The van der Waals surface area contributed by atoms with Gasteiger partial charge < -0.3 is 9.15 Å². The highest BCUT2D eigenvalue weighted by Crippen LogP contribution is 2.26. The quantitative estimate of drug-likeness (QED) is 0.443. The predicted molar refractivity (Wildman–Crippen MR) is 108 cm³/mol. The lowest BCUT2D eigenvalue weighted by atomic mass is 10.2. The van der Waals surface area contributed by atoms with Gasteiger partial charge in [-0.2, -0.15) is 5.10 Å². The minimum Gasteiger partial charge on any atom is -0.483 e. The first-order valence-corrected chi connectivity index (χ1v) is 9.10. The zero-order valence-electron chi connectivity index (χ0n) is 13.5. The number of rotatable bonds is 5. The maximum atomic E-state index is 12.4. The molecule has 0 aliphatic heterocycles. The number of halogens is 3. The Morgan fingerprint density at radius 3 is 2.85 bits per heavy atom. The van der Waals surface area contributed by atoms with Gasteiger partial charge in [-0.3, -0.25) is 9.59 Å². The lowest BCUT2D eigenvalue weighted by Crippen LogP contribution is -2.25. The van der Waals surface area contributed by atoms with Gasteiger partial charge in [-0.15, -0.1) is 0 Å². The van der Waals surface area contributed by atoms with Crippen molar-refractivity contribution in [2.24, 2.45) is 5.10 Å². The molecule has 138 valence electrons. The van der Waals surface area contributed by atoms with Gasteiger partial charge in [0.1, 0.15) is 12.0 Å². The van der Waals surface area contributed by atoms with Crippen molar-refractivity contribution in [2.45, 2.75) is 0 Å². The molecule has 0 fully saturated rings. The van der Waals surface area contributed by atoms with Crippen LogP contribution in [0, 0.1) is 0 Å². The van der Waals surface area contributed by atoms with Crippen LogP contribution in [0.1, 0.15) is 5.56 Å². The fraction of sp³-hybridized carbons (Fsp3) is 0.0556. The normalized spacial score (nSPS) is 11.1. The topological polar surface area (TPSA) is 80.9 Å². The monoisotopic (exact) mass is 468 g/mol. The number of hydrogen-bond acceptors (Lipinski definition) is 5. The molecule has 0 saturated carbocycles. The van der Waals surface area contributed by atoms with Gasteiger partial charge in [-0.25, -0.2) is 5.43 Å². The molecule has 0 spiro atoms. The number of nitrogens with zero attached hydrogens (tertiary/aromatic N) is 1. The van der Waals surface area contributed by atoms with Crippen molar-refractivity contribution >= 4 is 62.2 Å². The number of ether oxygens (including phenoxy) is 1. The van der Waals surface area contributed by atoms with E-state index in [0.29, 0.717) is 10.8 Å². The zero-order valence-corrected chi connectivity index (χ0v) is 16.6. The van der Waals surface area contributed by atoms with E-state index in [4.69, 9.17) is 32.4 Å². The van der Waals surface area contributed by atoms with Crippen LogP contribution in [-0.2, 0) is 4.79 Å². The average molecular weight is 470 g/mol. The number of hydrazone groups is 1. The molecule has 0 bridgehead atoms. The standard InChI is InChI=1S/C18H11BrCl2N2O4/c19-13-3-1-2-4-15(13)26-9-16(24)23-22-7-10-8-27-18-12(17(10)25)5-11(20)6-14(18)21/h1-8H,9H2,(H,23,24)/b22-7+. The van der Waals surface area contributed by atoms with E-state index in [9.17, 15) is 9.59 Å². The van der Waals surface area contributed by atoms with Crippen LogP contribution in [0.2, 0.25) is 10.0 Å². The van der Waals surface area contributed by atoms with Gasteiger partial charge in [-0.1, -0.05) is 35.3 Å². The summed E-state index contributed by atoms with van der Waals surface area (Å²) in [4.78, 5) is 24.2. The van der Waals surface area contributed by atoms with E-state index in [2.05, 4.69) is 26.5 Å². The number of nitrogens with one attached hydrogen (secondary N) is 1. The lowest BCUT2D eigenvalue weighted by molar-refractivity contribution is -0.123. The molecule has 3 rings (SSSR count). The van der Waals surface area contributed by atoms with Crippen LogP contribution >= 0.6 is 39.1 Å². The molecule has 0 atom stereocenters. The van der Waals surface area contributed by atoms with E-state index < -0.39 is 5.91 Å². The summed E-state index contributed by atoms with van der Waals surface area (Å²) in [5.41, 5.74) is 2.27. The maximum Gasteiger partial charge on any atom is 0.277 e. The Hall–Kier alpha value is -2.35. The Morgan fingerprint density at radius 1 is 1.30 bits per heavy atom. The number of para-hydroxylation sites is 1. The Morgan fingerprint density at radius 2 is 2.07 bits per heavy atom. The van der Waals surface area contributed by atoms with E-state index in [1.807, 2.05) is 6.07 Å². The number of amides is 1. The maximum absolute atomic E-state index is 12.4. The molecule has 9 heteroatoms. The molecule has 0 aliphatic carbocycles. The summed E-state index contributed by atoms with van der Waals surface area (Å²) in [5, 5.41) is 4.51. The molecule has 1 amide bonds. The van der Waals surface area contributed by atoms with Crippen LogP contribution in [0.3, 0.4) is 0 Å². The van der Waals surface area contributed by atoms with Gasteiger partial charge >= 0.3 is 0 Å². The van der Waals surface area contributed by atoms with Gasteiger partial charge in [0.15, 0.2) is 12.2 Å². The lowest BCUT2D eigenvalue weighted by Gasteiger charge is -2.06. The minimum absolute atomic E-state index is 0.132. The second kappa shape index (κ2) is 8.56. The molecule has 6 nitrogen and oxygen atoms in total. The number of benzene rings is 2. The van der Waals surface area contributed by atoms with Crippen LogP contribution in [-0.4, -0.2) is 18.7 Å². The molecule has 0 radical (unpaired) electrons. The summed E-state index contributed by atoms with van der Waals surface area (Å²) in [6.07, 6.45) is 2.38. The summed E-state index contributed by atoms with van der Waals surface area (Å²) in [6, 6.07) is 10.1. The summed E-state index contributed by atoms with van der Waals surface area (Å²) < 4.78 is 11.5. The Bertz CT molecular complexity index is 1100. The van der Waals surface area contributed by atoms with Crippen molar-refractivity contribution in [2.75, 3.05) is 6.61 Å². The fourth-order valence-corrected chi connectivity index (χ4v) is 3.12. The molecule has 0 aliphatic rings. The highest BCUT2D eigenvalue weighted by atomic mass is 79.9. The second-order valence-corrected chi connectivity index (χ2v) is 6.99. The molecular weight excluding hydrogens is 459 g/mol. The van der Waals surface area contributed by atoms with Crippen LogP contribution in [0.25, 0.3) is 11.0 Å². The van der Waals surface area contributed by atoms with Crippen LogP contribution < -0.4 is 15.6 Å². The molecule has 2 aromatic carbocycles. The SMILES string of the molecule is O=C(COc1ccccc1Br)N/N=C/c1coc2c(Cl)cc(Cl)cc2c1=O. The van der Waals surface area contributed by atoms with Crippen molar-refractivity contribution in [3.63, 3.8) is 0 Å². The van der Waals surface area contributed by atoms with Crippen LogP contribution in [0.4, 0.5) is 0 Å². The number of carbonyl (C=O) groups excluding carboxylic acids is 1. The van der Waals surface area contributed by atoms with Crippen molar-refractivity contribution in [3.8, 4) is 5.75 Å². The molecule has 1 aromatic heterocycles. The number of hydrogen-bond donors (Lipinski definition) is 1. The van der Waals surface area contributed by atoms with E-state index in [-0.39, 0.29) is 33.6 Å². The highest BCUT2D eigenvalue weighted by molar-refractivity contribution is 9.10. The molecule has 3 aromatic rings. The first-order chi connectivity index (χ1) is 13.0. The predicted octanol–water partition coefficient (Wildman–Crippen LogP) is 4.39. The Kier molecular flexibility index (Phi) is 6.15. The largest absolute Gasteiger partial charge is 0.483 e. The number of fused-ring (bicyclic) bond motifs is 1. The molecule has 1 N–H and O–H groups in total. The third kappa shape index (κ3) is 4.68. The molecule has 0 unspecified atom stereocenters. The Balaban J connectivity index is 1.67. The molecule has 1 heterocycles. The molecular formula is C18H11BrCl2N2O4. The van der Waals surface area contributed by atoms with Crippen LogP contribution in [0.5, 0.6) is 5.75 Å². The van der Waals surface area contributed by atoms with E-state index in [1.165, 1.54) is 24.6 Å². The van der Waals surface area contributed by atoms with E-state index >= 15 is 0 Å². The summed E-state index contributed by atoms with van der Waals surface area (Å²) in [7, 11) is 0. The minimum atomic E-state index is -0.488. The van der Waals surface area contributed by atoms with Gasteiger partial charge in [0.05, 0.1) is 26.7 Å². The third-order valence-corrected chi connectivity index (χ3v) is 4.56. The first-order valence-electron chi connectivity index (χ1n) is 7.55. The van der Waals surface area contributed by atoms with Gasteiger partial charge in [0.2, 0.25) is 5.43 Å². The average Bonchev–Trinajstić information content (AvgIpc) is 2.63. The van der Waals surface area contributed by atoms with E-state index in [1.54, 1.807) is 18.2 Å². The van der Waals surface area contributed by atoms with Crippen molar-refractivity contribution in [1.82, 2.24) is 5.43 Å². The van der Waals surface area contributed by atoms with Crippen molar-refractivity contribution in [3.05, 3.63) is 73.0 Å². The smallest absolute Gasteiger partial charge is 0.277 e. The Labute approximate surface area is 171 Å². The van der Waals surface area contributed by atoms with Gasteiger partial charge in [0, 0.05) is 5.02 Å². The summed E-state index contributed by atoms with van der Waals surface area (Å²) in [5.74, 6) is 0.0406. The van der Waals surface area contributed by atoms with Gasteiger partial charge in [0.25, 0.3) is 5.91 Å². The fourth-order valence-electron chi connectivity index (χ4n) is 2.18. The molecule has 27 heavy (non-hydrogen) atoms. The first kappa shape index (κ1) is 19.4. The molecule has 0 saturated heterocycles. The van der Waals surface area contributed by atoms with Crippen LogP contribution in [0.15, 0.2) is 61.4 Å². The highest BCUT2D eigenvalue weighted by Gasteiger charge is 2.10. The third-order valence-electron chi connectivity index (χ3n) is 3.41. The zero-order chi connectivity index (χ0) is 19.4. The summed E-state index contributed by atoms with van der Waals surface area (Å²) in [6.45, 7) is -0.239. The second-order valence-electron chi connectivity index (χ2n) is 5.30.